The molecule has 0 saturated carbocycles. The standard InChI is InChI=1S/C24H17N3O3S/c28-23(30-20-11-9-19(10-12-20)29-22-8-4-5-13-25-22)14-18-16-31-24-26-21(15-27(18)24)17-6-2-1-3-7-17/h1-13,15-16H,14H2. The number of aromatic nitrogens is 3. The number of pyridine rings is 1. The van der Waals surface area contributed by atoms with Crippen molar-refractivity contribution >= 4 is 22.3 Å². The highest BCUT2D eigenvalue weighted by Gasteiger charge is 2.14. The third-order valence-electron chi connectivity index (χ3n) is 4.59. The van der Waals surface area contributed by atoms with E-state index < -0.39 is 0 Å². The van der Waals surface area contributed by atoms with Crippen molar-refractivity contribution in [3.8, 4) is 28.6 Å². The van der Waals surface area contributed by atoms with Crippen LogP contribution in [0.25, 0.3) is 16.2 Å². The van der Waals surface area contributed by atoms with Gasteiger partial charge >= 0.3 is 5.97 Å². The summed E-state index contributed by atoms with van der Waals surface area (Å²) in [6, 6.07) is 22.3. The van der Waals surface area contributed by atoms with Crippen molar-refractivity contribution in [1.82, 2.24) is 14.4 Å². The molecule has 0 bridgehead atoms. The molecule has 0 aliphatic heterocycles. The lowest BCUT2D eigenvalue weighted by atomic mass is 10.2. The maximum absolute atomic E-state index is 12.5. The van der Waals surface area contributed by atoms with Gasteiger partial charge < -0.3 is 9.47 Å². The van der Waals surface area contributed by atoms with Crippen molar-refractivity contribution in [3.05, 3.63) is 96.3 Å². The molecule has 0 unspecified atom stereocenters. The van der Waals surface area contributed by atoms with Crippen molar-refractivity contribution in [2.24, 2.45) is 0 Å². The molecule has 6 nitrogen and oxygen atoms in total. The molecule has 3 heterocycles. The van der Waals surface area contributed by atoms with Crippen molar-refractivity contribution < 1.29 is 14.3 Å². The summed E-state index contributed by atoms with van der Waals surface area (Å²) in [5.74, 6) is 1.24. The third-order valence-corrected chi connectivity index (χ3v) is 5.48. The van der Waals surface area contributed by atoms with Crippen LogP contribution in [-0.2, 0) is 11.2 Å². The lowest BCUT2D eigenvalue weighted by molar-refractivity contribution is -0.133. The molecule has 0 atom stereocenters. The van der Waals surface area contributed by atoms with Gasteiger partial charge in [0.2, 0.25) is 5.88 Å². The molecule has 2 aromatic carbocycles. The van der Waals surface area contributed by atoms with E-state index in [4.69, 9.17) is 9.47 Å². The number of hydrogen-bond donors (Lipinski definition) is 0. The normalized spacial score (nSPS) is 10.8. The molecular weight excluding hydrogens is 410 g/mol. The van der Waals surface area contributed by atoms with Crippen LogP contribution >= 0.6 is 11.3 Å². The first-order chi connectivity index (χ1) is 15.2. The Balaban J connectivity index is 1.25. The Labute approximate surface area is 182 Å². The summed E-state index contributed by atoms with van der Waals surface area (Å²) in [5, 5.41) is 1.93. The second kappa shape index (κ2) is 8.41. The monoisotopic (exact) mass is 427 g/mol. The summed E-state index contributed by atoms with van der Waals surface area (Å²) >= 11 is 1.50. The number of esters is 1. The molecule has 3 aromatic heterocycles. The van der Waals surface area contributed by atoms with Crippen molar-refractivity contribution in [2.75, 3.05) is 0 Å². The van der Waals surface area contributed by atoms with Crippen LogP contribution in [0, 0.1) is 0 Å². The number of carbonyl (C=O) groups excluding carboxylic acids is 1. The molecule has 5 rings (SSSR count). The smallest absolute Gasteiger partial charge is 0.317 e. The van der Waals surface area contributed by atoms with E-state index in [0.29, 0.717) is 17.4 Å². The topological polar surface area (TPSA) is 65.7 Å². The quantitative estimate of drug-likeness (QED) is 0.268. The van der Waals surface area contributed by atoms with Crippen LogP contribution in [0.2, 0.25) is 0 Å². The van der Waals surface area contributed by atoms with Crippen LogP contribution < -0.4 is 9.47 Å². The largest absolute Gasteiger partial charge is 0.439 e. The lowest BCUT2D eigenvalue weighted by Gasteiger charge is -2.07. The highest BCUT2D eigenvalue weighted by atomic mass is 32.1. The van der Waals surface area contributed by atoms with Gasteiger partial charge in [0, 0.05) is 35.1 Å². The zero-order valence-corrected chi connectivity index (χ0v) is 17.2. The second-order valence-corrected chi connectivity index (χ2v) is 7.60. The molecule has 0 aliphatic rings. The van der Waals surface area contributed by atoms with Gasteiger partial charge in [-0.05, 0) is 30.3 Å². The number of ether oxygens (including phenoxy) is 2. The minimum absolute atomic E-state index is 0.150. The molecule has 31 heavy (non-hydrogen) atoms. The van der Waals surface area contributed by atoms with E-state index in [2.05, 4.69) is 9.97 Å². The number of hydrogen-bond acceptors (Lipinski definition) is 6. The van der Waals surface area contributed by atoms with Gasteiger partial charge in [-0.1, -0.05) is 36.4 Å². The Morgan fingerprint density at radius 3 is 2.48 bits per heavy atom. The number of thiazole rings is 1. The predicted molar refractivity (Wildman–Crippen MR) is 119 cm³/mol. The van der Waals surface area contributed by atoms with E-state index in [1.165, 1.54) is 11.3 Å². The van der Waals surface area contributed by atoms with E-state index in [0.717, 1.165) is 21.9 Å². The molecule has 0 N–H and O–H groups in total. The van der Waals surface area contributed by atoms with Crippen LogP contribution in [0.3, 0.4) is 0 Å². The van der Waals surface area contributed by atoms with E-state index in [9.17, 15) is 4.79 Å². The van der Waals surface area contributed by atoms with E-state index in [-0.39, 0.29) is 12.4 Å². The Morgan fingerprint density at radius 2 is 1.71 bits per heavy atom. The zero-order chi connectivity index (χ0) is 21.0. The molecule has 0 spiro atoms. The lowest BCUT2D eigenvalue weighted by Crippen LogP contribution is -2.12. The van der Waals surface area contributed by atoms with Crippen molar-refractivity contribution in [1.29, 1.82) is 0 Å². The molecule has 0 saturated heterocycles. The summed E-state index contributed by atoms with van der Waals surface area (Å²) in [6.45, 7) is 0. The van der Waals surface area contributed by atoms with Crippen molar-refractivity contribution in [3.63, 3.8) is 0 Å². The summed E-state index contributed by atoms with van der Waals surface area (Å²) in [4.78, 5) is 22.1. The fraction of sp³-hybridized carbons (Fsp3) is 0.0417. The summed E-state index contributed by atoms with van der Waals surface area (Å²) < 4.78 is 13.1. The third kappa shape index (κ3) is 4.31. The number of benzene rings is 2. The van der Waals surface area contributed by atoms with E-state index in [1.54, 1.807) is 36.5 Å². The first-order valence-electron chi connectivity index (χ1n) is 9.65. The fourth-order valence-corrected chi connectivity index (χ4v) is 4.00. The van der Waals surface area contributed by atoms with Gasteiger partial charge in [-0.3, -0.25) is 9.20 Å². The Bertz CT molecular complexity index is 1310. The molecular formula is C24H17N3O3S. The minimum Gasteiger partial charge on any atom is -0.439 e. The van der Waals surface area contributed by atoms with Gasteiger partial charge in [0.1, 0.15) is 11.5 Å². The maximum atomic E-state index is 12.5. The molecule has 7 heteroatoms. The molecule has 0 aliphatic carbocycles. The number of imidazole rings is 1. The first-order valence-corrected chi connectivity index (χ1v) is 10.5. The Morgan fingerprint density at radius 1 is 0.935 bits per heavy atom. The number of carbonyl (C=O) groups is 1. The van der Waals surface area contributed by atoms with Gasteiger partial charge in [-0.15, -0.1) is 11.3 Å². The van der Waals surface area contributed by atoms with E-state index >= 15 is 0 Å². The Hall–Kier alpha value is -3.97. The second-order valence-electron chi connectivity index (χ2n) is 6.76. The zero-order valence-electron chi connectivity index (χ0n) is 16.3. The number of rotatable bonds is 6. The average molecular weight is 427 g/mol. The van der Waals surface area contributed by atoms with E-state index in [1.807, 2.05) is 58.4 Å². The van der Waals surface area contributed by atoms with Gasteiger partial charge in [-0.2, -0.15) is 0 Å². The van der Waals surface area contributed by atoms with Gasteiger partial charge in [-0.25, -0.2) is 9.97 Å². The Kier molecular flexibility index (Phi) is 5.16. The van der Waals surface area contributed by atoms with Crippen LogP contribution in [0.4, 0.5) is 0 Å². The average Bonchev–Trinajstić information content (AvgIpc) is 3.39. The highest BCUT2D eigenvalue weighted by molar-refractivity contribution is 7.15. The van der Waals surface area contributed by atoms with Crippen molar-refractivity contribution in [2.45, 2.75) is 6.42 Å². The molecule has 0 fully saturated rings. The summed E-state index contributed by atoms with van der Waals surface area (Å²) in [7, 11) is 0. The number of fused-ring (bicyclic) bond motifs is 1. The van der Waals surface area contributed by atoms with Crippen LogP contribution in [0.5, 0.6) is 17.4 Å². The summed E-state index contributed by atoms with van der Waals surface area (Å²) in [5.41, 5.74) is 2.76. The highest BCUT2D eigenvalue weighted by Crippen LogP contribution is 2.25. The SMILES string of the molecule is O=C(Cc1csc2nc(-c3ccccc3)cn12)Oc1ccc(Oc2ccccn2)cc1. The molecule has 0 radical (unpaired) electrons. The fourth-order valence-electron chi connectivity index (χ4n) is 3.12. The van der Waals surface area contributed by atoms with Gasteiger partial charge in [0.05, 0.1) is 12.1 Å². The predicted octanol–water partition coefficient (Wildman–Crippen LogP) is 5.40. The first kappa shape index (κ1) is 19.0. The van der Waals surface area contributed by atoms with Crippen LogP contribution in [0.1, 0.15) is 5.69 Å². The van der Waals surface area contributed by atoms with Crippen LogP contribution in [0.15, 0.2) is 90.6 Å². The van der Waals surface area contributed by atoms with Gasteiger partial charge in [0.25, 0.3) is 0 Å². The summed E-state index contributed by atoms with van der Waals surface area (Å²) in [6.07, 6.45) is 3.76. The maximum Gasteiger partial charge on any atom is 0.317 e. The molecule has 152 valence electrons. The molecule has 0 amide bonds. The minimum atomic E-state index is -0.340. The number of nitrogens with zero attached hydrogens (tertiary/aromatic N) is 3. The van der Waals surface area contributed by atoms with Gasteiger partial charge in [0.15, 0.2) is 4.96 Å². The van der Waals surface area contributed by atoms with Crippen LogP contribution in [-0.4, -0.2) is 20.3 Å². The molecule has 5 aromatic rings.